The van der Waals surface area contributed by atoms with Gasteiger partial charge in [0.05, 0.1) is 54.7 Å². The molecule has 6 rings (SSSR count). The van der Waals surface area contributed by atoms with E-state index in [9.17, 15) is 19.7 Å². The van der Waals surface area contributed by atoms with Crippen molar-refractivity contribution in [2.45, 2.75) is 37.9 Å². The Kier molecular flexibility index (Phi) is 6.85. The molecule has 3 aliphatic heterocycles. The number of aliphatic imine (C=N–C) groups is 1. The Morgan fingerprint density at radius 1 is 1.20 bits per heavy atom. The monoisotopic (exact) mass is 546 g/mol. The minimum absolute atomic E-state index is 0.0305. The topological polar surface area (TPSA) is 133 Å². The number of nitrogens with one attached hydrogen (secondary N) is 1. The number of rotatable bonds is 5. The Morgan fingerprint density at radius 2 is 1.98 bits per heavy atom. The van der Waals surface area contributed by atoms with Crippen LogP contribution in [-0.2, 0) is 25.5 Å². The van der Waals surface area contributed by atoms with Crippen molar-refractivity contribution in [3.8, 4) is 5.75 Å². The number of nitro benzene ring substituents is 1. The number of allylic oxidation sites excluding steroid dienone is 2. The second-order valence-electron chi connectivity index (χ2n) is 10.4. The van der Waals surface area contributed by atoms with Crippen molar-refractivity contribution in [2.75, 3.05) is 38.7 Å². The predicted octanol–water partition coefficient (Wildman–Crippen LogP) is 4.03. The van der Waals surface area contributed by atoms with Crippen LogP contribution in [0.1, 0.15) is 36.8 Å². The summed E-state index contributed by atoms with van der Waals surface area (Å²) in [5.74, 6) is -0.864. The van der Waals surface area contributed by atoms with Crippen LogP contribution in [0.2, 0.25) is 0 Å². The number of carbonyl (C=O) groups is 2. The summed E-state index contributed by atoms with van der Waals surface area (Å²) in [5.41, 5.74) is 4.23. The van der Waals surface area contributed by atoms with Gasteiger partial charge >= 0.3 is 5.69 Å². The fourth-order valence-corrected chi connectivity index (χ4v) is 5.84. The van der Waals surface area contributed by atoms with Gasteiger partial charge in [-0.05, 0) is 59.9 Å². The highest BCUT2D eigenvalue weighted by molar-refractivity contribution is 6.19. The molecule has 0 bridgehead atoms. The van der Waals surface area contributed by atoms with Gasteiger partial charge in [-0.2, -0.15) is 0 Å². The van der Waals surface area contributed by atoms with E-state index in [4.69, 9.17) is 19.2 Å². The van der Waals surface area contributed by atoms with Crippen LogP contribution >= 0.6 is 0 Å². The van der Waals surface area contributed by atoms with Crippen molar-refractivity contribution in [3.63, 3.8) is 0 Å². The van der Waals surface area contributed by atoms with Crippen molar-refractivity contribution < 1.29 is 28.7 Å². The van der Waals surface area contributed by atoms with E-state index in [2.05, 4.69) is 5.32 Å². The molecule has 11 nitrogen and oxygen atoms in total. The highest BCUT2D eigenvalue weighted by Gasteiger charge is 2.40. The Morgan fingerprint density at radius 3 is 2.70 bits per heavy atom. The molecule has 2 aromatic rings. The molecule has 2 aromatic carbocycles. The van der Waals surface area contributed by atoms with Gasteiger partial charge in [-0.3, -0.25) is 24.7 Å². The van der Waals surface area contributed by atoms with Gasteiger partial charge in [0.25, 0.3) is 0 Å². The summed E-state index contributed by atoms with van der Waals surface area (Å²) in [6, 6.07) is 10.3. The van der Waals surface area contributed by atoms with Crippen LogP contribution < -0.4 is 10.1 Å². The number of benzene rings is 2. The number of nitro groups is 1. The largest absolute Gasteiger partial charge is 0.490 e. The molecular weight excluding hydrogens is 516 g/mol. The van der Waals surface area contributed by atoms with E-state index in [0.29, 0.717) is 69.1 Å². The standard InChI is InChI=1S/C29H30N4O7/c1-38-26-17-20(4-7-25(26)33(36)37)19-3-5-21-23(16-19)30-24-14-18(2-6-22(24)31-28(21)35)15-27(34)32-10-8-29(9-11-32)39-12-13-40-29/h2,4,6-7,14,16-17,21H,3,5,8-13,15H2,1H3,(H,31,35). The van der Waals surface area contributed by atoms with Crippen molar-refractivity contribution in [3.05, 3.63) is 63.7 Å². The first-order valence-electron chi connectivity index (χ1n) is 13.5. The lowest BCUT2D eigenvalue weighted by molar-refractivity contribution is -0.385. The Balaban J connectivity index is 1.23. The molecule has 0 aromatic heterocycles. The normalized spacial score (nSPS) is 21.5. The Hall–Kier alpha value is -4.09. The third-order valence-corrected chi connectivity index (χ3v) is 8.06. The number of carbonyl (C=O) groups excluding carboxylic acids is 2. The third-order valence-electron chi connectivity index (χ3n) is 8.06. The lowest BCUT2D eigenvalue weighted by atomic mass is 9.84. The molecule has 0 radical (unpaired) electrons. The summed E-state index contributed by atoms with van der Waals surface area (Å²) in [4.78, 5) is 43.7. The van der Waals surface area contributed by atoms with Gasteiger partial charge < -0.3 is 24.4 Å². The predicted molar refractivity (Wildman–Crippen MR) is 147 cm³/mol. The van der Waals surface area contributed by atoms with E-state index in [0.717, 1.165) is 16.7 Å². The van der Waals surface area contributed by atoms with Crippen molar-refractivity contribution >= 4 is 40.2 Å². The minimum atomic E-state index is -0.530. The maximum atomic E-state index is 13.1. The molecule has 1 atom stereocenters. The number of anilines is 1. The summed E-state index contributed by atoms with van der Waals surface area (Å²) in [7, 11) is 1.40. The maximum absolute atomic E-state index is 13.1. The van der Waals surface area contributed by atoms with Gasteiger partial charge in [-0.15, -0.1) is 0 Å². The number of piperidine rings is 1. The molecule has 1 aliphatic carbocycles. The average Bonchev–Trinajstić information content (AvgIpc) is 3.36. The fourth-order valence-electron chi connectivity index (χ4n) is 5.84. The number of amides is 2. The molecule has 1 unspecified atom stereocenters. The van der Waals surface area contributed by atoms with Crippen LogP contribution in [0.15, 0.2) is 47.5 Å². The molecular formula is C29H30N4O7. The Bertz CT molecular complexity index is 1430. The zero-order chi connectivity index (χ0) is 27.9. The lowest BCUT2D eigenvalue weighted by Crippen LogP contribution is -2.47. The minimum Gasteiger partial charge on any atom is -0.490 e. The lowest BCUT2D eigenvalue weighted by Gasteiger charge is -2.37. The molecule has 4 aliphatic rings. The molecule has 40 heavy (non-hydrogen) atoms. The molecule has 2 amide bonds. The number of hydrogen-bond acceptors (Lipinski definition) is 8. The van der Waals surface area contributed by atoms with Gasteiger partial charge in [0, 0.05) is 32.0 Å². The molecule has 0 saturated carbocycles. The summed E-state index contributed by atoms with van der Waals surface area (Å²) >= 11 is 0. The highest BCUT2D eigenvalue weighted by atomic mass is 16.7. The van der Waals surface area contributed by atoms with Gasteiger partial charge in [0.2, 0.25) is 11.8 Å². The smallest absolute Gasteiger partial charge is 0.310 e. The van der Waals surface area contributed by atoms with Crippen LogP contribution in [-0.4, -0.2) is 66.5 Å². The van der Waals surface area contributed by atoms with E-state index < -0.39 is 16.6 Å². The number of likely N-dealkylation sites (tertiary alicyclic amines) is 1. The second-order valence-corrected chi connectivity index (χ2v) is 10.4. The number of ether oxygens (including phenoxy) is 3. The van der Waals surface area contributed by atoms with Crippen molar-refractivity contribution in [2.24, 2.45) is 10.9 Å². The SMILES string of the molecule is COc1cc(C2=CC3=Nc4cc(CC(=O)N5CCC6(CC5)OCCO6)ccc4NC(=O)C3CC2)ccc1[N+](=O)[O-]. The van der Waals surface area contributed by atoms with E-state index >= 15 is 0 Å². The Labute approximate surface area is 231 Å². The number of nitrogens with zero attached hydrogens (tertiary/aromatic N) is 3. The molecule has 11 heteroatoms. The average molecular weight is 547 g/mol. The molecule has 3 heterocycles. The quantitative estimate of drug-likeness (QED) is 0.442. The summed E-state index contributed by atoms with van der Waals surface area (Å²) < 4.78 is 16.8. The van der Waals surface area contributed by atoms with E-state index in [1.165, 1.54) is 13.2 Å². The molecule has 2 fully saturated rings. The van der Waals surface area contributed by atoms with E-state index in [1.807, 2.05) is 23.1 Å². The first-order valence-corrected chi connectivity index (χ1v) is 13.5. The van der Waals surface area contributed by atoms with Crippen LogP contribution in [0.3, 0.4) is 0 Å². The van der Waals surface area contributed by atoms with Crippen molar-refractivity contribution in [1.29, 1.82) is 0 Å². The van der Waals surface area contributed by atoms with Gasteiger partial charge in [-0.25, -0.2) is 0 Å². The number of fused-ring (bicyclic) bond motifs is 2. The fraction of sp³-hybridized carbons (Fsp3) is 0.414. The van der Waals surface area contributed by atoms with Crippen molar-refractivity contribution in [1.82, 2.24) is 4.90 Å². The highest BCUT2D eigenvalue weighted by Crippen LogP contribution is 2.38. The first kappa shape index (κ1) is 26.1. The zero-order valence-electron chi connectivity index (χ0n) is 22.2. The number of methoxy groups -OCH3 is 1. The van der Waals surface area contributed by atoms with Gasteiger partial charge in [0.15, 0.2) is 11.5 Å². The summed E-state index contributed by atoms with van der Waals surface area (Å²) in [5, 5.41) is 14.3. The molecule has 1 N–H and O–H groups in total. The first-order chi connectivity index (χ1) is 19.3. The van der Waals surface area contributed by atoms with E-state index in [1.54, 1.807) is 18.2 Å². The second kappa shape index (κ2) is 10.5. The molecule has 208 valence electrons. The van der Waals surface area contributed by atoms with Crippen LogP contribution in [0, 0.1) is 16.0 Å². The van der Waals surface area contributed by atoms with Crippen LogP contribution in [0.5, 0.6) is 5.75 Å². The van der Waals surface area contributed by atoms with Gasteiger partial charge in [0.1, 0.15) is 0 Å². The van der Waals surface area contributed by atoms with Gasteiger partial charge in [-0.1, -0.05) is 6.07 Å². The number of hydrogen-bond donors (Lipinski definition) is 1. The van der Waals surface area contributed by atoms with Crippen LogP contribution in [0.4, 0.5) is 17.1 Å². The molecule has 2 saturated heterocycles. The van der Waals surface area contributed by atoms with Crippen LogP contribution in [0.25, 0.3) is 5.57 Å². The summed E-state index contributed by atoms with van der Waals surface area (Å²) in [6.07, 6.45) is 4.62. The van der Waals surface area contributed by atoms with E-state index in [-0.39, 0.29) is 29.7 Å². The molecule has 1 spiro atoms. The zero-order valence-corrected chi connectivity index (χ0v) is 22.2. The summed E-state index contributed by atoms with van der Waals surface area (Å²) in [6.45, 7) is 2.37. The third kappa shape index (κ3) is 4.98. The maximum Gasteiger partial charge on any atom is 0.310 e.